The Morgan fingerprint density at radius 2 is 0.726 bits per heavy atom. The molecule has 0 bridgehead atoms. The Labute approximate surface area is 387 Å². The number of carbonyl (C=O) groups excluding carboxylic acids is 1. The van der Waals surface area contributed by atoms with Crippen LogP contribution in [-0.4, -0.2) is 46.1 Å². The number of rotatable bonds is 51. The lowest BCUT2D eigenvalue weighted by atomic mass is 10.0. The number of hydrogen-bond donors (Lipinski definition) is 4. The quantitative estimate of drug-likeness (QED) is 0.0362. The Morgan fingerprint density at radius 1 is 0.419 bits per heavy atom. The van der Waals surface area contributed by atoms with Crippen LogP contribution in [0.25, 0.3) is 0 Å². The minimum absolute atomic E-state index is 0.0152. The van der Waals surface area contributed by atoms with Gasteiger partial charge in [-0.1, -0.05) is 275 Å². The zero-order valence-electron chi connectivity index (χ0n) is 41.8. The summed E-state index contributed by atoms with van der Waals surface area (Å²) < 4.78 is 0. The number of amides is 1. The third kappa shape index (κ3) is 48.0. The van der Waals surface area contributed by atoms with Crippen LogP contribution in [0.4, 0.5) is 0 Å². The topological polar surface area (TPSA) is 89.8 Å². The van der Waals surface area contributed by atoms with Crippen LogP contribution >= 0.6 is 0 Å². The van der Waals surface area contributed by atoms with Gasteiger partial charge in [-0.05, 0) is 51.4 Å². The second kappa shape index (κ2) is 52.2. The van der Waals surface area contributed by atoms with E-state index >= 15 is 0 Å². The fraction of sp³-hybridized carbons (Fsp3) is 0.877. The molecule has 4 N–H and O–H groups in total. The molecule has 366 valence electrons. The van der Waals surface area contributed by atoms with E-state index in [0.29, 0.717) is 6.42 Å². The van der Waals surface area contributed by atoms with Crippen molar-refractivity contribution >= 4 is 5.91 Å². The zero-order chi connectivity index (χ0) is 45.1. The maximum absolute atomic E-state index is 12.5. The summed E-state index contributed by atoms with van der Waals surface area (Å²) in [5.74, 6) is -0.312. The summed E-state index contributed by atoms with van der Waals surface area (Å²) in [5, 5.41) is 33.4. The van der Waals surface area contributed by atoms with Crippen molar-refractivity contribution in [2.24, 2.45) is 0 Å². The SMILES string of the molecule is CCCCCCCCCCC/C=C\C/C=C\CCCCCCCCCCCCCCCCCC(O)CC(=O)NC(CO)C(O)/C=C/CCCCCCCCCCCCCCCC. The van der Waals surface area contributed by atoms with E-state index in [0.717, 1.165) is 32.1 Å². The first-order valence-corrected chi connectivity index (χ1v) is 27.8. The molecule has 0 rings (SSSR count). The van der Waals surface area contributed by atoms with Gasteiger partial charge < -0.3 is 20.6 Å². The summed E-state index contributed by atoms with van der Waals surface area (Å²) in [4.78, 5) is 12.5. The lowest BCUT2D eigenvalue weighted by Crippen LogP contribution is -2.45. The maximum Gasteiger partial charge on any atom is 0.222 e. The van der Waals surface area contributed by atoms with E-state index in [1.165, 1.54) is 238 Å². The lowest BCUT2D eigenvalue weighted by Gasteiger charge is -2.21. The molecule has 0 aromatic heterocycles. The van der Waals surface area contributed by atoms with Gasteiger partial charge in [0.15, 0.2) is 0 Å². The number of allylic oxidation sites excluding steroid dienone is 5. The van der Waals surface area contributed by atoms with Crippen LogP contribution in [0.5, 0.6) is 0 Å². The largest absolute Gasteiger partial charge is 0.394 e. The highest BCUT2D eigenvalue weighted by Gasteiger charge is 2.20. The van der Waals surface area contributed by atoms with Gasteiger partial charge in [-0.3, -0.25) is 4.79 Å². The predicted molar refractivity (Wildman–Crippen MR) is 273 cm³/mol. The summed E-state index contributed by atoms with van der Waals surface area (Å²) in [6.45, 7) is 4.23. The van der Waals surface area contributed by atoms with Crippen molar-refractivity contribution < 1.29 is 20.1 Å². The molecule has 5 heteroatoms. The van der Waals surface area contributed by atoms with Crippen molar-refractivity contribution in [2.75, 3.05) is 6.61 Å². The van der Waals surface area contributed by atoms with Crippen molar-refractivity contribution in [1.29, 1.82) is 0 Å². The minimum Gasteiger partial charge on any atom is -0.394 e. The average Bonchev–Trinajstić information content (AvgIpc) is 3.27. The van der Waals surface area contributed by atoms with Crippen LogP contribution in [0.3, 0.4) is 0 Å². The summed E-state index contributed by atoms with van der Waals surface area (Å²) in [7, 11) is 0. The van der Waals surface area contributed by atoms with Gasteiger partial charge in [-0.2, -0.15) is 0 Å². The molecule has 0 spiro atoms. The van der Waals surface area contributed by atoms with Crippen LogP contribution in [-0.2, 0) is 4.79 Å². The van der Waals surface area contributed by atoms with Crippen molar-refractivity contribution in [3.63, 3.8) is 0 Å². The first-order valence-electron chi connectivity index (χ1n) is 27.8. The van der Waals surface area contributed by atoms with Crippen LogP contribution in [0.1, 0.15) is 296 Å². The Morgan fingerprint density at radius 3 is 1.06 bits per heavy atom. The predicted octanol–water partition coefficient (Wildman–Crippen LogP) is 17.1. The van der Waals surface area contributed by atoms with Gasteiger partial charge in [0.2, 0.25) is 5.91 Å². The van der Waals surface area contributed by atoms with Gasteiger partial charge in [0.05, 0.1) is 31.3 Å². The summed E-state index contributed by atoms with van der Waals surface area (Å²) in [6.07, 6.45) is 67.6. The van der Waals surface area contributed by atoms with Crippen LogP contribution in [0, 0.1) is 0 Å². The fourth-order valence-electron chi connectivity index (χ4n) is 8.67. The molecule has 62 heavy (non-hydrogen) atoms. The molecule has 0 saturated heterocycles. The second-order valence-electron chi connectivity index (χ2n) is 19.2. The molecular weight excluding hydrogens is 763 g/mol. The molecule has 0 saturated carbocycles. The van der Waals surface area contributed by atoms with Gasteiger partial charge >= 0.3 is 0 Å². The molecule has 0 aromatic carbocycles. The molecule has 3 unspecified atom stereocenters. The number of nitrogens with one attached hydrogen (secondary N) is 1. The molecule has 3 atom stereocenters. The van der Waals surface area contributed by atoms with E-state index < -0.39 is 18.2 Å². The van der Waals surface area contributed by atoms with Crippen LogP contribution < -0.4 is 5.32 Å². The Hall–Kier alpha value is -1.43. The van der Waals surface area contributed by atoms with Crippen molar-refractivity contribution in [3.05, 3.63) is 36.5 Å². The zero-order valence-corrected chi connectivity index (χ0v) is 41.8. The molecule has 0 aliphatic heterocycles. The third-order valence-electron chi connectivity index (χ3n) is 12.9. The normalized spacial score (nSPS) is 13.6. The first-order chi connectivity index (χ1) is 30.5. The monoisotopic (exact) mass is 872 g/mol. The Balaban J connectivity index is 3.54. The summed E-state index contributed by atoms with van der Waals surface area (Å²) in [5.41, 5.74) is 0. The number of aliphatic hydroxyl groups excluding tert-OH is 3. The number of aliphatic hydroxyl groups is 3. The highest BCUT2D eigenvalue weighted by molar-refractivity contribution is 5.76. The smallest absolute Gasteiger partial charge is 0.222 e. The molecule has 0 heterocycles. The van der Waals surface area contributed by atoms with Gasteiger partial charge in [0, 0.05) is 0 Å². The average molecular weight is 873 g/mol. The molecule has 0 radical (unpaired) electrons. The Bertz CT molecular complexity index is 962. The molecular formula is C57H109NO4. The van der Waals surface area contributed by atoms with E-state index in [4.69, 9.17) is 0 Å². The van der Waals surface area contributed by atoms with E-state index in [1.54, 1.807) is 6.08 Å². The van der Waals surface area contributed by atoms with Crippen LogP contribution in [0.15, 0.2) is 36.5 Å². The van der Waals surface area contributed by atoms with Crippen LogP contribution in [0.2, 0.25) is 0 Å². The van der Waals surface area contributed by atoms with Crippen molar-refractivity contribution in [2.45, 2.75) is 315 Å². The fourth-order valence-corrected chi connectivity index (χ4v) is 8.67. The molecule has 5 nitrogen and oxygen atoms in total. The van der Waals surface area contributed by atoms with E-state index in [2.05, 4.69) is 43.5 Å². The summed E-state index contributed by atoms with van der Waals surface area (Å²) in [6, 6.07) is -0.744. The molecule has 0 aromatic rings. The highest BCUT2D eigenvalue weighted by atomic mass is 16.3. The van der Waals surface area contributed by atoms with Crippen molar-refractivity contribution in [1.82, 2.24) is 5.32 Å². The van der Waals surface area contributed by atoms with Gasteiger partial charge in [-0.25, -0.2) is 0 Å². The number of carbonyl (C=O) groups is 1. The van der Waals surface area contributed by atoms with Gasteiger partial charge in [-0.15, -0.1) is 0 Å². The van der Waals surface area contributed by atoms with E-state index in [9.17, 15) is 20.1 Å². The second-order valence-corrected chi connectivity index (χ2v) is 19.2. The molecule has 0 aliphatic rings. The Kier molecular flexibility index (Phi) is 51.0. The standard InChI is InChI=1S/C57H109NO4/c1-3-5-7-9-11-13-15-17-19-21-22-23-24-25-26-27-28-29-30-31-32-33-34-35-36-38-40-42-44-46-48-50-54(60)52-57(62)58-55(53-59)56(61)51-49-47-45-43-41-39-37-20-18-16-14-12-10-8-6-4-2/h22-23,25-26,49,51,54-56,59-61H,3-21,24,27-48,50,52-53H2,1-2H3,(H,58,62)/b23-22-,26-25-,51-49+. The minimum atomic E-state index is -0.928. The maximum atomic E-state index is 12.5. The molecule has 0 aliphatic carbocycles. The van der Waals surface area contributed by atoms with E-state index in [-0.39, 0.29) is 18.9 Å². The number of hydrogen-bond acceptors (Lipinski definition) is 4. The number of unbranched alkanes of at least 4 members (excludes halogenated alkanes) is 38. The van der Waals surface area contributed by atoms with E-state index in [1.807, 2.05) is 6.08 Å². The third-order valence-corrected chi connectivity index (χ3v) is 12.9. The lowest BCUT2D eigenvalue weighted by molar-refractivity contribution is -0.124. The molecule has 1 amide bonds. The van der Waals surface area contributed by atoms with Crippen molar-refractivity contribution in [3.8, 4) is 0 Å². The summed E-state index contributed by atoms with van der Waals surface area (Å²) >= 11 is 0. The molecule has 0 fully saturated rings. The highest BCUT2D eigenvalue weighted by Crippen LogP contribution is 2.17. The van der Waals surface area contributed by atoms with Gasteiger partial charge in [0.1, 0.15) is 0 Å². The van der Waals surface area contributed by atoms with Gasteiger partial charge in [0.25, 0.3) is 0 Å². The first kappa shape index (κ1) is 60.6.